The van der Waals surface area contributed by atoms with Crippen LogP contribution in [0.2, 0.25) is 5.02 Å². The largest absolute Gasteiger partial charge is 0.462 e. The Bertz CT molecular complexity index is 424. The van der Waals surface area contributed by atoms with Gasteiger partial charge in [0.15, 0.2) is 0 Å². The molecule has 0 aliphatic carbocycles. The molecule has 0 radical (unpaired) electrons. The van der Waals surface area contributed by atoms with Gasteiger partial charge in [-0.05, 0) is 43.9 Å². The van der Waals surface area contributed by atoms with Crippen LogP contribution in [0, 0.1) is 0 Å². The molecule has 0 spiro atoms. The Morgan fingerprint density at radius 1 is 1.47 bits per heavy atom. The predicted molar refractivity (Wildman–Crippen MR) is 74.4 cm³/mol. The lowest BCUT2D eigenvalue weighted by molar-refractivity contribution is 0.0461. The molecule has 2 rings (SSSR count). The SMILES string of the molecule is Nc1cc(Cl)cc(C(=O)OCCCC2CCCO2)c1. The van der Waals surface area contributed by atoms with E-state index >= 15 is 0 Å². The second-order valence-electron chi connectivity index (χ2n) is 4.69. The van der Waals surface area contributed by atoms with E-state index in [-0.39, 0.29) is 5.97 Å². The van der Waals surface area contributed by atoms with Crippen LogP contribution >= 0.6 is 11.6 Å². The Morgan fingerprint density at radius 3 is 3.00 bits per heavy atom. The van der Waals surface area contributed by atoms with E-state index in [2.05, 4.69) is 0 Å². The molecule has 2 N–H and O–H groups in total. The molecule has 1 unspecified atom stereocenters. The highest BCUT2D eigenvalue weighted by molar-refractivity contribution is 6.31. The molecule has 1 aromatic carbocycles. The lowest BCUT2D eigenvalue weighted by atomic mass is 10.1. The van der Waals surface area contributed by atoms with Crippen LogP contribution in [-0.2, 0) is 9.47 Å². The molecule has 0 aromatic heterocycles. The molecular formula is C14H18ClNO3. The molecule has 1 saturated heterocycles. The molecule has 1 fully saturated rings. The van der Waals surface area contributed by atoms with Crippen molar-refractivity contribution in [2.45, 2.75) is 31.8 Å². The van der Waals surface area contributed by atoms with Gasteiger partial charge >= 0.3 is 5.97 Å². The molecule has 1 atom stereocenters. The quantitative estimate of drug-likeness (QED) is 0.512. The first kappa shape index (κ1) is 14.2. The van der Waals surface area contributed by atoms with Gasteiger partial charge < -0.3 is 15.2 Å². The number of nitrogen functional groups attached to an aromatic ring is 1. The Morgan fingerprint density at radius 2 is 2.32 bits per heavy atom. The van der Waals surface area contributed by atoms with Crippen LogP contribution in [0.15, 0.2) is 18.2 Å². The van der Waals surface area contributed by atoms with Crippen molar-refractivity contribution >= 4 is 23.3 Å². The second kappa shape index (κ2) is 6.78. The first-order valence-corrected chi connectivity index (χ1v) is 6.88. The van der Waals surface area contributed by atoms with E-state index in [9.17, 15) is 4.79 Å². The van der Waals surface area contributed by atoms with Crippen molar-refractivity contribution in [2.24, 2.45) is 0 Å². The zero-order valence-corrected chi connectivity index (χ0v) is 11.5. The van der Waals surface area contributed by atoms with Crippen LogP contribution in [0.4, 0.5) is 5.69 Å². The zero-order valence-electron chi connectivity index (χ0n) is 10.7. The van der Waals surface area contributed by atoms with Crippen LogP contribution in [0.3, 0.4) is 0 Å². The van der Waals surface area contributed by atoms with Gasteiger partial charge in [0.05, 0.1) is 18.3 Å². The first-order valence-electron chi connectivity index (χ1n) is 6.50. The van der Waals surface area contributed by atoms with Crippen molar-refractivity contribution in [1.82, 2.24) is 0 Å². The molecule has 1 aliphatic heterocycles. The maximum atomic E-state index is 11.8. The minimum Gasteiger partial charge on any atom is -0.462 e. The molecule has 1 aliphatic rings. The molecule has 1 heterocycles. The Labute approximate surface area is 117 Å². The maximum Gasteiger partial charge on any atom is 0.338 e. The van der Waals surface area contributed by atoms with Gasteiger partial charge in [0.2, 0.25) is 0 Å². The topological polar surface area (TPSA) is 61.6 Å². The third kappa shape index (κ3) is 4.40. The van der Waals surface area contributed by atoms with Crippen molar-refractivity contribution in [3.63, 3.8) is 0 Å². The maximum absolute atomic E-state index is 11.8. The lowest BCUT2D eigenvalue weighted by Crippen LogP contribution is -2.10. The number of ether oxygens (including phenoxy) is 2. The van der Waals surface area contributed by atoms with Crippen LogP contribution in [0.1, 0.15) is 36.0 Å². The Hall–Kier alpha value is -1.26. The van der Waals surface area contributed by atoms with Gasteiger partial charge in [-0.2, -0.15) is 0 Å². The number of carbonyl (C=O) groups excluding carboxylic acids is 1. The van der Waals surface area contributed by atoms with E-state index in [1.807, 2.05) is 0 Å². The van der Waals surface area contributed by atoms with Crippen LogP contribution in [0.5, 0.6) is 0 Å². The van der Waals surface area contributed by atoms with Crippen LogP contribution in [-0.4, -0.2) is 25.3 Å². The normalized spacial score (nSPS) is 18.5. The van der Waals surface area contributed by atoms with E-state index in [0.717, 1.165) is 32.3 Å². The summed E-state index contributed by atoms with van der Waals surface area (Å²) in [6, 6.07) is 4.71. The number of rotatable bonds is 5. The fourth-order valence-corrected chi connectivity index (χ4v) is 2.40. The second-order valence-corrected chi connectivity index (χ2v) is 5.12. The average Bonchev–Trinajstić information content (AvgIpc) is 2.86. The summed E-state index contributed by atoms with van der Waals surface area (Å²) in [4.78, 5) is 11.8. The zero-order chi connectivity index (χ0) is 13.7. The van der Waals surface area contributed by atoms with Gasteiger partial charge in [0, 0.05) is 17.3 Å². The van der Waals surface area contributed by atoms with Gasteiger partial charge in [0.1, 0.15) is 0 Å². The number of benzene rings is 1. The van der Waals surface area contributed by atoms with E-state index < -0.39 is 0 Å². The van der Waals surface area contributed by atoms with Gasteiger partial charge in [0.25, 0.3) is 0 Å². The van der Waals surface area contributed by atoms with E-state index in [1.165, 1.54) is 0 Å². The average molecular weight is 284 g/mol. The molecule has 104 valence electrons. The summed E-state index contributed by atoms with van der Waals surface area (Å²) in [7, 11) is 0. The predicted octanol–water partition coefficient (Wildman–Crippen LogP) is 3.04. The molecule has 5 heteroatoms. The molecule has 0 bridgehead atoms. The highest BCUT2D eigenvalue weighted by Crippen LogP contribution is 2.18. The van der Waals surface area contributed by atoms with E-state index in [4.69, 9.17) is 26.8 Å². The van der Waals surface area contributed by atoms with Crippen LogP contribution < -0.4 is 5.73 Å². The summed E-state index contributed by atoms with van der Waals surface area (Å²) in [6.45, 7) is 1.25. The molecule has 0 amide bonds. The number of esters is 1. The van der Waals surface area contributed by atoms with Crippen molar-refractivity contribution < 1.29 is 14.3 Å². The Balaban J connectivity index is 1.74. The summed E-state index contributed by atoms with van der Waals surface area (Å²) < 4.78 is 10.7. The van der Waals surface area contributed by atoms with E-state index in [0.29, 0.717) is 29.0 Å². The Kier molecular flexibility index (Phi) is 5.05. The fraction of sp³-hybridized carbons (Fsp3) is 0.500. The van der Waals surface area contributed by atoms with Crippen molar-refractivity contribution in [3.05, 3.63) is 28.8 Å². The van der Waals surface area contributed by atoms with Crippen molar-refractivity contribution in [3.8, 4) is 0 Å². The van der Waals surface area contributed by atoms with Crippen LogP contribution in [0.25, 0.3) is 0 Å². The number of anilines is 1. The highest BCUT2D eigenvalue weighted by Gasteiger charge is 2.15. The molecular weight excluding hydrogens is 266 g/mol. The fourth-order valence-electron chi connectivity index (χ4n) is 2.16. The summed E-state index contributed by atoms with van der Waals surface area (Å²) in [5.41, 5.74) is 6.47. The third-order valence-electron chi connectivity index (χ3n) is 3.08. The third-order valence-corrected chi connectivity index (χ3v) is 3.30. The number of halogens is 1. The summed E-state index contributed by atoms with van der Waals surface area (Å²) in [5.74, 6) is -0.387. The van der Waals surface area contributed by atoms with Crippen molar-refractivity contribution in [2.75, 3.05) is 18.9 Å². The number of nitrogens with two attached hydrogens (primary N) is 1. The first-order chi connectivity index (χ1) is 9.15. The van der Waals surface area contributed by atoms with Crippen molar-refractivity contribution in [1.29, 1.82) is 0 Å². The minimum atomic E-state index is -0.387. The van der Waals surface area contributed by atoms with Gasteiger partial charge in [-0.3, -0.25) is 0 Å². The number of hydrogen-bond donors (Lipinski definition) is 1. The van der Waals surface area contributed by atoms with E-state index in [1.54, 1.807) is 18.2 Å². The van der Waals surface area contributed by atoms with Gasteiger partial charge in [-0.1, -0.05) is 11.6 Å². The summed E-state index contributed by atoms with van der Waals surface area (Å²) in [6.07, 6.45) is 4.32. The van der Waals surface area contributed by atoms with Gasteiger partial charge in [-0.15, -0.1) is 0 Å². The highest BCUT2D eigenvalue weighted by atomic mass is 35.5. The lowest BCUT2D eigenvalue weighted by Gasteiger charge is -2.09. The minimum absolute atomic E-state index is 0.334. The summed E-state index contributed by atoms with van der Waals surface area (Å²) >= 11 is 5.84. The summed E-state index contributed by atoms with van der Waals surface area (Å²) in [5, 5.41) is 0.436. The smallest absolute Gasteiger partial charge is 0.338 e. The molecule has 1 aromatic rings. The standard InChI is InChI=1S/C14H18ClNO3/c15-11-7-10(8-12(16)9-11)14(17)19-6-2-4-13-3-1-5-18-13/h7-9,13H,1-6,16H2. The molecule has 0 saturated carbocycles. The molecule has 19 heavy (non-hydrogen) atoms. The number of carbonyl (C=O) groups is 1. The monoisotopic (exact) mass is 283 g/mol. The van der Waals surface area contributed by atoms with Gasteiger partial charge in [-0.25, -0.2) is 4.79 Å². The number of hydrogen-bond acceptors (Lipinski definition) is 4. The molecule has 4 nitrogen and oxygen atoms in total.